The number of H-pyrrole nitrogens is 1. The van der Waals surface area contributed by atoms with E-state index in [-0.39, 0.29) is 85.1 Å². The summed E-state index contributed by atoms with van der Waals surface area (Å²) in [7, 11) is 0. The Morgan fingerprint density at radius 2 is 0.895 bits per heavy atom. The minimum atomic E-state index is -0.864. The quantitative estimate of drug-likeness (QED) is 0.0449. The second kappa shape index (κ2) is 28.5. The smallest absolute Gasteiger partial charge is 0.249 e. The fourth-order valence-electron chi connectivity index (χ4n) is 18.6. The Labute approximate surface area is 662 Å². The van der Waals surface area contributed by atoms with Gasteiger partial charge in [0, 0.05) is 73.8 Å². The first kappa shape index (κ1) is 76.5. The zero-order valence-electron chi connectivity index (χ0n) is 61.6. The number of rotatable bonds is 10. The molecule has 15 atom stereocenters. The monoisotopic (exact) mass is 1600 g/mol. The Morgan fingerprint density at radius 1 is 0.482 bits per heavy atom. The van der Waals surface area contributed by atoms with Crippen LogP contribution >= 0.6 is 15.9 Å². The Hall–Kier alpha value is -11.5. The SMILES string of the molecule is C.C.C=C[C@@]12C[C@@H]1[C@@H](n1ccc3c(N)ncnc31)[C@@H]1OC(C)(C)O[C@@H]12.CC1(C)O[C@H]2[C@H](n3ccc4c(N)ncnc43)C3C[C@@]3(CCc3ccc4ccc(N)nc4n3)[C@H]2O1.Nc1ccc2ccc(=O)[nH]c2n1.Nc1ccc2ccc(Br)nc2n1.Nc1ccc2ccc(CC[C@@]34CC3[C@@H](n3ccc5c(N)ncnc53)[C@H](O)[C@@H]4O)nc2n1. The highest BCUT2D eigenvalue weighted by atomic mass is 79.9. The topological polar surface area (TPSA) is 475 Å². The first-order valence-electron chi connectivity index (χ1n) is 37.2. The van der Waals surface area contributed by atoms with Gasteiger partial charge in [-0.3, -0.25) is 4.79 Å². The van der Waals surface area contributed by atoms with Gasteiger partial charge in [0.2, 0.25) is 5.56 Å². The highest BCUT2D eigenvalue weighted by molar-refractivity contribution is 9.10. The number of nitrogens with two attached hydrogens (primary N) is 7. The zero-order chi connectivity index (χ0) is 77.7. The number of hydrogen-bond acceptors (Lipinski definition) is 27. The van der Waals surface area contributed by atoms with Gasteiger partial charge in [0.15, 0.2) is 28.5 Å². The van der Waals surface area contributed by atoms with Gasteiger partial charge in [-0.15, -0.1) is 6.58 Å². The molecular weight excluding hydrogens is 1510 g/mol. The maximum absolute atomic E-state index is 11.0. The molecule has 2 unspecified atom stereocenters. The fraction of sp³-hybridized carbons (Fsp3) is 0.366. The molecule has 32 heteroatoms. The number of aromatic nitrogens is 17. The minimum Gasteiger partial charge on any atom is -0.390 e. The van der Waals surface area contributed by atoms with Crippen molar-refractivity contribution in [2.45, 2.75) is 154 Å². The summed E-state index contributed by atoms with van der Waals surface area (Å²) in [5, 5.41) is 28.2. The van der Waals surface area contributed by atoms with Crippen LogP contribution in [0.25, 0.3) is 77.2 Å². The molecule has 14 aromatic heterocycles. The number of pyridine rings is 8. The van der Waals surface area contributed by atoms with Gasteiger partial charge in [0.25, 0.3) is 0 Å². The van der Waals surface area contributed by atoms with Crippen LogP contribution in [0.15, 0.2) is 175 Å². The number of ether oxygens (including phenoxy) is 4. The van der Waals surface area contributed by atoms with E-state index >= 15 is 0 Å². The van der Waals surface area contributed by atoms with Crippen molar-refractivity contribution in [1.29, 1.82) is 0 Å². The van der Waals surface area contributed by atoms with Crippen LogP contribution in [0.1, 0.15) is 104 Å². The molecule has 8 aliphatic rings. The molecule has 114 heavy (non-hydrogen) atoms. The van der Waals surface area contributed by atoms with Gasteiger partial charge in [0.1, 0.15) is 105 Å². The third-order valence-electron chi connectivity index (χ3n) is 24.1. The average molecular weight is 1600 g/mol. The lowest BCUT2D eigenvalue weighted by atomic mass is 9.92. The van der Waals surface area contributed by atoms with E-state index in [9.17, 15) is 15.0 Å². The standard InChI is InChI=1S/C25H27N7O2.C22H23N7O2.C17H20N4O2.C8H6BrN3.C8H7N3O.2CH4/c1-24(2)33-19-18(32-10-8-15-21(27)28-12-29-23(15)32)16-11-25(16,20(19)34-24)9-7-14-5-3-13-4-6-17(26)31-22(13)30-14;23-15-4-2-11-1-3-12(27-20(11)28-15)5-7-22-9-14(22)16(17(30)18(22)31)29-8-6-13-19(24)25-10-26-21(13)29;1-4-17-7-10(17)11(12-13(17)23-16(2,3)22-12)21-6-5-9-14(18)19-8-20-15(9)21;9-6-3-1-5-2-4-7(10)12-8(5)11-6;9-6-3-1-5-2-4-7(12)11-8(5)10-6;;/h3-6,8,10,12,16,18-20H,7,9,11H2,1-2H3,(H2,26,30,31)(H2,27,28,29);1-4,6,8,10,14,16-18,30-31H,5,7,9H2,(H2,23,27,28)(H2,24,25,26);4-6,8,10-13H,1,7H2,2-3H3,(H2,18,19,20);1-4H,(H2,10,11,12);1-4H,(H3,9,10,11,12);2*1H4/t16?,18-,19+,20+,25-;14?,16-,17+,18+,22-;10-,11-,12+,13+,17-;;;;/m111..../s1. The maximum Gasteiger partial charge on any atom is 0.249 e. The summed E-state index contributed by atoms with van der Waals surface area (Å²) in [4.78, 5) is 69.4. The van der Waals surface area contributed by atoms with Crippen LogP contribution in [-0.4, -0.2) is 142 Å². The molecule has 22 rings (SSSR count). The molecule has 0 radical (unpaired) electrons. The second-order valence-electron chi connectivity index (χ2n) is 31.4. The van der Waals surface area contributed by atoms with Crippen molar-refractivity contribution in [3.8, 4) is 0 Å². The molecule has 2 saturated heterocycles. The summed E-state index contributed by atoms with van der Waals surface area (Å²) in [6.45, 7) is 12.0. The number of aliphatic hydroxyl groups is 2. The van der Waals surface area contributed by atoms with E-state index in [4.69, 9.17) is 64.1 Å². The van der Waals surface area contributed by atoms with Crippen LogP contribution in [0.5, 0.6) is 0 Å². The first-order chi connectivity index (χ1) is 53.8. The second-order valence-corrected chi connectivity index (χ2v) is 32.2. The Bertz CT molecular complexity index is 6100. The van der Waals surface area contributed by atoms with Crippen LogP contribution in [0.2, 0.25) is 0 Å². The Kier molecular flexibility index (Phi) is 19.1. The lowest BCUT2D eigenvalue weighted by Crippen LogP contribution is -2.34. The molecule has 14 aromatic rings. The highest BCUT2D eigenvalue weighted by Crippen LogP contribution is 2.75. The largest absolute Gasteiger partial charge is 0.390 e. The lowest BCUT2D eigenvalue weighted by molar-refractivity contribution is -0.161. The van der Waals surface area contributed by atoms with Crippen molar-refractivity contribution in [1.82, 2.24) is 83.5 Å². The molecule has 0 spiro atoms. The van der Waals surface area contributed by atoms with Gasteiger partial charge >= 0.3 is 0 Å². The summed E-state index contributed by atoms with van der Waals surface area (Å²) in [6.07, 6.45) is 17.2. The lowest BCUT2D eigenvalue weighted by Gasteiger charge is -2.24. The van der Waals surface area contributed by atoms with Crippen molar-refractivity contribution in [3.63, 3.8) is 0 Å². The van der Waals surface area contributed by atoms with E-state index in [1.165, 1.54) is 25.0 Å². The summed E-state index contributed by atoms with van der Waals surface area (Å²) >= 11 is 3.27. The number of nitrogens with zero attached hydrogens (tertiary/aromatic N) is 16. The number of fused-ring (bicyclic) bond motifs is 14. The van der Waals surface area contributed by atoms with E-state index in [0.717, 1.165) is 104 Å². The summed E-state index contributed by atoms with van der Waals surface area (Å²) in [6, 6.07) is 35.7. The number of nitrogens with one attached hydrogen (secondary N) is 1. The molecule has 0 aromatic carbocycles. The van der Waals surface area contributed by atoms with Crippen LogP contribution in [0.3, 0.4) is 0 Å². The van der Waals surface area contributed by atoms with E-state index < -0.39 is 23.8 Å². The fourth-order valence-corrected chi connectivity index (χ4v) is 18.9. The van der Waals surface area contributed by atoms with Crippen molar-refractivity contribution >= 4 is 134 Å². The van der Waals surface area contributed by atoms with Crippen LogP contribution in [-0.2, 0) is 31.8 Å². The molecule has 16 heterocycles. The molecule has 8 fully saturated rings. The van der Waals surface area contributed by atoms with Crippen LogP contribution in [0, 0.1) is 34.0 Å². The van der Waals surface area contributed by atoms with Gasteiger partial charge in [-0.2, -0.15) is 0 Å². The van der Waals surface area contributed by atoms with Crippen molar-refractivity contribution < 1.29 is 29.2 Å². The van der Waals surface area contributed by atoms with Gasteiger partial charge in [-0.25, -0.2) is 64.8 Å². The normalized spacial score (nSPS) is 27.6. The molecule has 31 nitrogen and oxygen atoms in total. The summed E-state index contributed by atoms with van der Waals surface area (Å²) < 4.78 is 32.6. The average Bonchev–Trinajstić information content (AvgIpc) is 1.51. The predicted octanol–water partition coefficient (Wildman–Crippen LogP) is 10.7. The molecule has 0 bridgehead atoms. The maximum atomic E-state index is 11.0. The van der Waals surface area contributed by atoms with E-state index in [2.05, 4.69) is 121 Å². The van der Waals surface area contributed by atoms with Crippen LogP contribution in [0.4, 0.5) is 40.7 Å². The first-order valence-corrected chi connectivity index (χ1v) is 38.0. The number of anilines is 7. The molecule has 2 aliphatic heterocycles. The van der Waals surface area contributed by atoms with E-state index in [1.807, 2.05) is 111 Å². The summed E-state index contributed by atoms with van der Waals surface area (Å²) in [5.74, 6) is 3.16. The van der Waals surface area contributed by atoms with Crippen LogP contribution < -0.4 is 45.7 Å². The molecule has 17 N–H and O–H groups in total. The summed E-state index contributed by atoms with van der Waals surface area (Å²) in [5.41, 5.74) is 47.1. The molecule has 6 saturated carbocycles. The molecule has 6 aliphatic carbocycles. The van der Waals surface area contributed by atoms with Crippen molar-refractivity contribution in [2.75, 3.05) is 40.1 Å². The van der Waals surface area contributed by atoms with Gasteiger partial charge in [-0.1, -0.05) is 20.9 Å². The Balaban J connectivity index is 0.000000113. The number of hydrogen-bond donors (Lipinski definition) is 10. The van der Waals surface area contributed by atoms with Gasteiger partial charge in [0.05, 0.1) is 52.6 Å². The number of aromatic amines is 1. The van der Waals surface area contributed by atoms with E-state index in [1.54, 1.807) is 30.3 Å². The highest BCUT2D eigenvalue weighted by Gasteiger charge is 2.77. The number of nitrogen functional groups attached to an aromatic ring is 7. The van der Waals surface area contributed by atoms with Gasteiger partial charge in [-0.05, 0) is 216 Å². The molecule has 588 valence electrons. The van der Waals surface area contributed by atoms with E-state index in [0.29, 0.717) is 87.2 Å². The number of halogens is 1. The number of aryl methyl sites for hydroxylation is 2. The minimum absolute atomic E-state index is 0. The van der Waals surface area contributed by atoms with Gasteiger partial charge < -0.3 is 88.0 Å². The molecular formula is C82H91BrN24O7. The molecule has 0 amide bonds. The number of aliphatic hydroxyl groups excluding tert-OH is 2. The third-order valence-corrected chi connectivity index (χ3v) is 24.5. The zero-order valence-corrected chi connectivity index (χ0v) is 63.2. The van der Waals surface area contributed by atoms with Crippen molar-refractivity contribution in [2.24, 2.45) is 34.0 Å². The predicted molar refractivity (Wildman–Crippen MR) is 441 cm³/mol. The third kappa shape index (κ3) is 13.3. The van der Waals surface area contributed by atoms with Crippen molar-refractivity contribution in [3.05, 3.63) is 192 Å². The Morgan fingerprint density at radius 3 is 1.41 bits per heavy atom.